The van der Waals surface area contributed by atoms with Gasteiger partial charge in [0.05, 0.1) is 10.2 Å². The van der Waals surface area contributed by atoms with Gasteiger partial charge in [-0.2, -0.15) is 4.94 Å². The van der Waals surface area contributed by atoms with Crippen LogP contribution in [-0.4, -0.2) is 5.09 Å². The summed E-state index contributed by atoms with van der Waals surface area (Å²) < 4.78 is 2.59. The van der Waals surface area contributed by atoms with E-state index in [9.17, 15) is 10.1 Å². The fraction of sp³-hybridized carbons (Fsp3) is 0. The van der Waals surface area contributed by atoms with Crippen molar-refractivity contribution >= 4 is 69.4 Å². The molecule has 0 spiro atoms. The van der Waals surface area contributed by atoms with Crippen molar-refractivity contribution in [3.8, 4) is 0 Å². The van der Waals surface area contributed by atoms with E-state index >= 15 is 0 Å². The topological polar surface area (TPSA) is 81.6 Å². The Hall–Kier alpha value is 0.100. The summed E-state index contributed by atoms with van der Waals surface area (Å²) in [4.78, 5) is 14.3. The van der Waals surface area contributed by atoms with E-state index in [2.05, 4.69) is 68.7 Å². The third kappa shape index (κ3) is 3.06. The van der Waals surface area contributed by atoms with Crippen LogP contribution in [0.5, 0.6) is 0 Å². The summed E-state index contributed by atoms with van der Waals surface area (Å²) >= 11 is 13.1. The number of rotatable bonds is 3. The molecule has 0 aliphatic carbocycles. The smallest absolute Gasteiger partial charge is 0.223 e. The Balaban J connectivity index is 3.19. The fourth-order valence-electron chi connectivity index (χ4n) is 0.837. The van der Waals surface area contributed by atoms with Crippen LogP contribution in [-0.2, 0) is 4.94 Å². The highest BCUT2D eigenvalue weighted by Crippen LogP contribution is 2.42. The van der Waals surface area contributed by atoms with Gasteiger partial charge in [-0.25, -0.2) is 5.84 Å². The molecule has 0 saturated heterocycles. The van der Waals surface area contributed by atoms with Gasteiger partial charge in [0.15, 0.2) is 0 Å². The van der Waals surface area contributed by atoms with E-state index in [0.717, 1.165) is 4.47 Å². The van der Waals surface area contributed by atoms with Gasteiger partial charge in [-0.05, 0) is 69.8 Å². The van der Waals surface area contributed by atoms with Gasteiger partial charge in [-0.1, -0.05) is 0 Å². The van der Waals surface area contributed by atoms with Crippen LogP contribution < -0.4 is 11.0 Å². The summed E-state index contributed by atoms with van der Waals surface area (Å²) in [6.07, 6.45) is 0. The first-order chi connectivity index (χ1) is 7.34. The van der Waals surface area contributed by atoms with Gasteiger partial charge in [0.25, 0.3) is 0 Å². The number of nitrogens with two attached hydrogens (primary N) is 1. The average Bonchev–Trinajstić information content (AvgIpc) is 2.19. The highest BCUT2D eigenvalue weighted by molar-refractivity contribution is 9.15. The average molecular weight is 485 g/mol. The van der Waals surface area contributed by atoms with Crippen molar-refractivity contribution in [1.82, 2.24) is 0 Å². The van der Waals surface area contributed by atoms with Gasteiger partial charge in [-0.3, -0.25) is 0 Å². The Morgan fingerprint density at radius 2 is 1.81 bits per heavy atom. The van der Waals surface area contributed by atoms with Gasteiger partial charge >= 0.3 is 5.09 Å². The van der Waals surface area contributed by atoms with Crippen molar-refractivity contribution in [3.63, 3.8) is 0 Å². The lowest BCUT2D eigenvalue weighted by molar-refractivity contribution is -0.762. The first-order valence-electron chi connectivity index (χ1n) is 3.55. The van der Waals surface area contributed by atoms with E-state index in [1.807, 2.05) is 0 Å². The van der Waals surface area contributed by atoms with E-state index in [1.54, 1.807) is 6.07 Å². The highest BCUT2D eigenvalue weighted by Gasteiger charge is 2.17. The van der Waals surface area contributed by atoms with Crippen LogP contribution in [0.4, 0.5) is 5.69 Å². The molecule has 1 aromatic rings. The van der Waals surface area contributed by atoms with Gasteiger partial charge in [-0.15, -0.1) is 15.3 Å². The number of nitrogens with zero attached hydrogens (tertiary/aromatic N) is 2. The zero-order chi connectivity index (χ0) is 12.5. The number of halogens is 4. The number of hydrogen-bond donors (Lipinski definition) is 1. The Labute approximate surface area is 124 Å². The molecule has 0 bridgehead atoms. The summed E-state index contributed by atoms with van der Waals surface area (Å²) in [5.74, 6) is 5.37. The molecule has 1 rings (SSSR count). The summed E-state index contributed by atoms with van der Waals surface area (Å²) in [6, 6.07) is 1.56. The summed E-state index contributed by atoms with van der Waals surface area (Å²) in [7, 11) is 0. The first kappa shape index (κ1) is 14.2. The van der Waals surface area contributed by atoms with E-state index < -0.39 is 5.09 Å². The van der Waals surface area contributed by atoms with Gasteiger partial charge in [0.1, 0.15) is 0 Å². The molecule has 0 aromatic heterocycles. The molecule has 2 N–H and O–H groups in total. The van der Waals surface area contributed by atoms with Crippen LogP contribution in [0.3, 0.4) is 0 Å². The number of anilines is 1. The van der Waals surface area contributed by atoms with Crippen molar-refractivity contribution in [2.75, 3.05) is 5.17 Å². The SMILES string of the molecule is NN(O[N+](=O)[O-])c1cc(Br)c(Br)c(Br)c1Br. The van der Waals surface area contributed by atoms with E-state index in [1.165, 1.54) is 0 Å². The van der Waals surface area contributed by atoms with Crippen molar-refractivity contribution in [2.45, 2.75) is 0 Å². The second kappa shape index (κ2) is 5.63. The van der Waals surface area contributed by atoms with Crippen molar-refractivity contribution in [1.29, 1.82) is 0 Å². The number of benzene rings is 1. The molecule has 1 aromatic carbocycles. The van der Waals surface area contributed by atoms with Crippen molar-refractivity contribution in [2.24, 2.45) is 5.84 Å². The molecule has 0 saturated carbocycles. The predicted molar refractivity (Wildman–Crippen MR) is 72.0 cm³/mol. The Morgan fingerprint density at radius 3 is 2.31 bits per heavy atom. The lowest BCUT2D eigenvalue weighted by Crippen LogP contribution is -2.33. The van der Waals surface area contributed by atoms with Crippen LogP contribution >= 0.6 is 63.7 Å². The van der Waals surface area contributed by atoms with Crippen LogP contribution in [0.25, 0.3) is 0 Å². The largest absolute Gasteiger partial charge is 0.318 e. The maximum absolute atomic E-state index is 10.1. The molecule has 0 aliphatic rings. The number of hydrogen-bond acceptors (Lipinski definition) is 5. The Morgan fingerprint density at radius 1 is 1.25 bits per heavy atom. The van der Waals surface area contributed by atoms with Crippen molar-refractivity contribution < 1.29 is 10.0 Å². The van der Waals surface area contributed by atoms with Gasteiger partial charge in [0.2, 0.25) is 0 Å². The monoisotopic (exact) mass is 481 g/mol. The molecule has 0 amide bonds. The zero-order valence-electron chi connectivity index (χ0n) is 7.29. The normalized spacial score (nSPS) is 10.1. The molecule has 0 atom stereocenters. The summed E-state index contributed by atoms with van der Waals surface area (Å²) in [6.45, 7) is 0. The van der Waals surface area contributed by atoms with Crippen molar-refractivity contribution in [3.05, 3.63) is 34.1 Å². The minimum atomic E-state index is -1.00. The number of hydrazine groups is 1. The zero-order valence-corrected chi connectivity index (χ0v) is 13.6. The summed E-state index contributed by atoms with van der Waals surface area (Å²) in [5.41, 5.74) is 0.290. The first-order valence-corrected chi connectivity index (χ1v) is 6.72. The van der Waals surface area contributed by atoms with Crippen LogP contribution in [0.2, 0.25) is 0 Å². The second-order valence-electron chi connectivity index (χ2n) is 2.45. The maximum Gasteiger partial charge on any atom is 0.318 e. The van der Waals surface area contributed by atoms with Gasteiger partial charge in [0, 0.05) is 13.4 Å². The standard InChI is InChI=1S/C6H3Br4N3O3/c7-2-1-3(12(11)16-13(14)15)5(9)6(10)4(2)8/h1H,11H2. The molecule has 88 valence electrons. The third-order valence-electron chi connectivity index (χ3n) is 1.48. The molecular formula is C6H3Br4N3O3. The molecule has 0 unspecified atom stereocenters. The van der Waals surface area contributed by atoms with Crippen LogP contribution in [0, 0.1) is 10.1 Å². The molecule has 10 heteroatoms. The van der Waals surface area contributed by atoms with E-state index in [-0.39, 0.29) is 0 Å². The molecule has 6 nitrogen and oxygen atoms in total. The minimum absolute atomic E-state index is 0.290. The van der Waals surface area contributed by atoms with Crippen LogP contribution in [0.1, 0.15) is 0 Å². The second-order valence-corrected chi connectivity index (χ2v) is 5.68. The highest BCUT2D eigenvalue weighted by atomic mass is 79.9. The molecule has 0 aliphatic heterocycles. The van der Waals surface area contributed by atoms with E-state index in [0.29, 0.717) is 24.3 Å². The minimum Gasteiger partial charge on any atom is -0.223 e. The molecule has 0 fully saturated rings. The quantitative estimate of drug-likeness (QED) is 0.233. The predicted octanol–water partition coefficient (Wildman–Crippen LogP) is 3.54. The molecule has 0 heterocycles. The third-order valence-corrected chi connectivity index (χ3v) is 6.12. The lowest BCUT2D eigenvalue weighted by Gasteiger charge is -2.17. The lowest BCUT2D eigenvalue weighted by atomic mass is 10.3. The summed E-state index contributed by atoms with van der Waals surface area (Å²) in [5, 5.41) is 9.69. The molecule has 16 heavy (non-hydrogen) atoms. The van der Waals surface area contributed by atoms with Crippen LogP contribution in [0.15, 0.2) is 24.0 Å². The molecular weight excluding hydrogens is 482 g/mol. The van der Waals surface area contributed by atoms with E-state index in [4.69, 9.17) is 5.84 Å². The Kier molecular flexibility index (Phi) is 4.98. The molecule has 0 radical (unpaired) electrons. The Bertz CT molecular complexity index is 442. The fourth-order valence-corrected chi connectivity index (χ4v) is 3.00. The van der Waals surface area contributed by atoms with Gasteiger partial charge < -0.3 is 0 Å². The maximum atomic E-state index is 10.1.